The first kappa shape index (κ1) is 16.2. The topological polar surface area (TPSA) is 73.0 Å². The second-order valence-corrected chi connectivity index (χ2v) is 6.00. The van der Waals surface area contributed by atoms with Crippen LogP contribution in [0.4, 0.5) is 0 Å². The Bertz CT molecular complexity index is 656. The van der Waals surface area contributed by atoms with Gasteiger partial charge in [0.05, 0.1) is 18.6 Å². The lowest BCUT2D eigenvalue weighted by molar-refractivity contribution is -0.118. The molecule has 0 bridgehead atoms. The van der Waals surface area contributed by atoms with E-state index in [1.165, 1.54) is 11.8 Å². The van der Waals surface area contributed by atoms with Crippen molar-refractivity contribution in [1.29, 1.82) is 0 Å². The molecule has 7 heteroatoms. The van der Waals surface area contributed by atoms with Crippen LogP contribution in [-0.2, 0) is 11.3 Å². The third-order valence-corrected chi connectivity index (χ3v) is 3.69. The van der Waals surface area contributed by atoms with E-state index in [1.54, 1.807) is 6.26 Å². The summed E-state index contributed by atoms with van der Waals surface area (Å²) in [6.07, 6.45) is 6.71. The molecule has 1 amide bonds. The lowest BCUT2D eigenvalue weighted by atomic mass is 10.2. The highest BCUT2D eigenvalue weighted by molar-refractivity contribution is 7.99. The van der Waals surface area contributed by atoms with Crippen LogP contribution >= 0.6 is 11.8 Å². The van der Waals surface area contributed by atoms with Gasteiger partial charge in [0, 0.05) is 6.54 Å². The van der Waals surface area contributed by atoms with Gasteiger partial charge in [-0.1, -0.05) is 31.5 Å². The van der Waals surface area contributed by atoms with E-state index in [1.807, 2.05) is 16.7 Å². The minimum Gasteiger partial charge on any atom is -0.461 e. The number of hydrogen-bond donors (Lipinski definition) is 1. The Morgan fingerprint density at radius 2 is 2.36 bits per heavy atom. The number of rotatable bonds is 7. The quantitative estimate of drug-likeness (QED) is 0.625. The molecule has 0 aliphatic carbocycles. The fourth-order valence-corrected chi connectivity index (χ4v) is 2.62. The number of furan rings is 1. The van der Waals surface area contributed by atoms with Crippen molar-refractivity contribution in [2.75, 3.05) is 12.3 Å². The highest BCUT2D eigenvalue weighted by atomic mass is 32.2. The number of aromatic nitrogens is 3. The molecule has 0 aliphatic heterocycles. The second kappa shape index (κ2) is 7.71. The van der Waals surface area contributed by atoms with Crippen LogP contribution in [0.1, 0.15) is 13.8 Å². The summed E-state index contributed by atoms with van der Waals surface area (Å²) in [4.78, 5) is 11.6. The van der Waals surface area contributed by atoms with Crippen LogP contribution in [0.5, 0.6) is 0 Å². The van der Waals surface area contributed by atoms with Crippen molar-refractivity contribution >= 4 is 17.7 Å². The fraction of sp³-hybridized carbons (Fsp3) is 0.400. The molecule has 2 aromatic heterocycles. The van der Waals surface area contributed by atoms with Crippen molar-refractivity contribution in [2.45, 2.75) is 25.5 Å². The van der Waals surface area contributed by atoms with Crippen LogP contribution in [0.15, 0.2) is 28.0 Å². The van der Waals surface area contributed by atoms with Crippen molar-refractivity contribution in [3.8, 4) is 23.9 Å². The van der Waals surface area contributed by atoms with E-state index in [4.69, 9.17) is 10.8 Å². The monoisotopic (exact) mass is 318 g/mol. The van der Waals surface area contributed by atoms with Crippen LogP contribution in [0.2, 0.25) is 0 Å². The van der Waals surface area contributed by atoms with Gasteiger partial charge < -0.3 is 9.73 Å². The lowest BCUT2D eigenvalue weighted by Gasteiger charge is -2.11. The molecule has 116 valence electrons. The molecule has 1 N–H and O–H groups in total. The summed E-state index contributed by atoms with van der Waals surface area (Å²) in [5.74, 6) is 4.24. The second-order valence-electron chi connectivity index (χ2n) is 5.06. The SMILES string of the molecule is C#CCNC(=O)CSc1nnc(-c2ccco2)n1CC(C)C. The van der Waals surface area contributed by atoms with E-state index in [0.29, 0.717) is 22.7 Å². The van der Waals surface area contributed by atoms with Crippen molar-refractivity contribution in [2.24, 2.45) is 5.92 Å². The molecule has 0 atom stereocenters. The van der Waals surface area contributed by atoms with Crippen molar-refractivity contribution in [1.82, 2.24) is 20.1 Å². The average Bonchev–Trinajstić information content (AvgIpc) is 3.12. The van der Waals surface area contributed by atoms with Gasteiger partial charge in [-0.05, 0) is 18.1 Å². The van der Waals surface area contributed by atoms with Gasteiger partial charge in [-0.15, -0.1) is 16.6 Å². The lowest BCUT2D eigenvalue weighted by Crippen LogP contribution is -2.25. The maximum atomic E-state index is 11.6. The summed E-state index contributed by atoms with van der Waals surface area (Å²) in [5, 5.41) is 11.7. The van der Waals surface area contributed by atoms with Crippen LogP contribution in [-0.4, -0.2) is 33.0 Å². The highest BCUT2D eigenvalue weighted by Gasteiger charge is 2.17. The number of nitrogens with zero attached hydrogens (tertiary/aromatic N) is 3. The maximum Gasteiger partial charge on any atom is 0.231 e. The minimum absolute atomic E-state index is 0.124. The van der Waals surface area contributed by atoms with Gasteiger partial charge in [0.2, 0.25) is 5.91 Å². The Labute approximate surface area is 133 Å². The molecule has 0 saturated heterocycles. The summed E-state index contributed by atoms with van der Waals surface area (Å²) >= 11 is 1.33. The Hall–Kier alpha value is -2.20. The third-order valence-electron chi connectivity index (χ3n) is 2.73. The van der Waals surface area contributed by atoms with E-state index in [-0.39, 0.29) is 18.2 Å². The first-order valence-corrected chi connectivity index (χ1v) is 7.90. The summed E-state index contributed by atoms with van der Waals surface area (Å²) in [5.41, 5.74) is 0. The van der Waals surface area contributed by atoms with Crippen LogP contribution < -0.4 is 5.32 Å². The number of nitrogens with one attached hydrogen (secondary N) is 1. The zero-order chi connectivity index (χ0) is 15.9. The zero-order valence-corrected chi connectivity index (χ0v) is 13.4. The Balaban J connectivity index is 2.14. The predicted molar refractivity (Wildman–Crippen MR) is 85.1 cm³/mol. The molecule has 0 spiro atoms. The molecule has 22 heavy (non-hydrogen) atoms. The molecule has 6 nitrogen and oxygen atoms in total. The van der Waals surface area contributed by atoms with E-state index in [2.05, 4.69) is 35.3 Å². The summed E-state index contributed by atoms with van der Waals surface area (Å²) in [6, 6.07) is 3.65. The minimum atomic E-state index is -0.124. The largest absolute Gasteiger partial charge is 0.461 e. The third kappa shape index (κ3) is 4.15. The van der Waals surface area contributed by atoms with Crippen molar-refractivity contribution in [3.63, 3.8) is 0 Å². The highest BCUT2D eigenvalue weighted by Crippen LogP contribution is 2.25. The summed E-state index contributed by atoms with van der Waals surface area (Å²) in [6.45, 7) is 5.20. The van der Waals surface area contributed by atoms with Gasteiger partial charge in [0.1, 0.15) is 0 Å². The number of amides is 1. The van der Waals surface area contributed by atoms with E-state index < -0.39 is 0 Å². The molecule has 0 fully saturated rings. The maximum absolute atomic E-state index is 11.6. The number of hydrogen-bond acceptors (Lipinski definition) is 5. The van der Waals surface area contributed by atoms with Crippen LogP contribution in [0, 0.1) is 18.3 Å². The molecule has 2 heterocycles. The number of carbonyl (C=O) groups is 1. The first-order valence-electron chi connectivity index (χ1n) is 6.92. The van der Waals surface area contributed by atoms with Crippen LogP contribution in [0.25, 0.3) is 11.6 Å². The van der Waals surface area contributed by atoms with Gasteiger partial charge in [0.25, 0.3) is 0 Å². The van der Waals surface area contributed by atoms with Gasteiger partial charge in [-0.25, -0.2) is 0 Å². The number of thioether (sulfide) groups is 1. The smallest absolute Gasteiger partial charge is 0.231 e. The number of terminal acetylenes is 1. The summed E-state index contributed by atoms with van der Waals surface area (Å²) in [7, 11) is 0. The average molecular weight is 318 g/mol. The molecule has 0 aromatic carbocycles. The molecule has 2 rings (SSSR count). The summed E-state index contributed by atoms with van der Waals surface area (Å²) < 4.78 is 7.37. The molecule has 0 unspecified atom stereocenters. The van der Waals surface area contributed by atoms with Gasteiger partial charge in [-0.3, -0.25) is 9.36 Å². The Morgan fingerprint density at radius 3 is 3.00 bits per heavy atom. The van der Waals surface area contributed by atoms with Crippen LogP contribution in [0.3, 0.4) is 0 Å². The Kier molecular flexibility index (Phi) is 5.67. The molecular formula is C15H18N4O2S. The van der Waals surface area contributed by atoms with Crippen molar-refractivity contribution < 1.29 is 9.21 Å². The van der Waals surface area contributed by atoms with E-state index >= 15 is 0 Å². The van der Waals surface area contributed by atoms with Gasteiger partial charge in [-0.2, -0.15) is 0 Å². The molecule has 0 aliphatic rings. The molecule has 2 aromatic rings. The molecule has 0 saturated carbocycles. The van der Waals surface area contributed by atoms with E-state index in [9.17, 15) is 4.79 Å². The standard InChI is InChI=1S/C15H18N4O2S/c1-4-7-16-13(20)10-22-15-18-17-14(12-6-5-8-21-12)19(15)9-11(2)3/h1,5-6,8,11H,7,9-10H2,2-3H3,(H,16,20). The van der Waals surface area contributed by atoms with E-state index in [0.717, 1.165) is 6.54 Å². The normalized spacial score (nSPS) is 10.6. The number of carbonyl (C=O) groups excluding carboxylic acids is 1. The fourth-order valence-electron chi connectivity index (χ4n) is 1.84. The van der Waals surface area contributed by atoms with Gasteiger partial charge >= 0.3 is 0 Å². The predicted octanol–water partition coefficient (Wildman–Crippen LogP) is 2.04. The van der Waals surface area contributed by atoms with Gasteiger partial charge in [0.15, 0.2) is 16.7 Å². The first-order chi connectivity index (χ1) is 10.6. The zero-order valence-electron chi connectivity index (χ0n) is 12.6. The molecular weight excluding hydrogens is 300 g/mol. The molecule has 0 radical (unpaired) electrons. The Morgan fingerprint density at radius 1 is 1.55 bits per heavy atom. The van der Waals surface area contributed by atoms with Crippen molar-refractivity contribution in [3.05, 3.63) is 18.4 Å².